The summed E-state index contributed by atoms with van der Waals surface area (Å²) in [6, 6.07) is 4.00. The molecule has 3 rings (SSSR count). The molecule has 0 amide bonds. The van der Waals surface area contributed by atoms with Crippen molar-refractivity contribution < 1.29 is 13.2 Å². The van der Waals surface area contributed by atoms with E-state index in [-0.39, 0.29) is 0 Å². The highest BCUT2D eigenvalue weighted by molar-refractivity contribution is 7.88. The van der Waals surface area contributed by atoms with Gasteiger partial charge in [-0.2, -0.15) is 5.10 Å². The summed E-state index contributed by atoms with van der Waals surface area (Å²) in [4.78, 5) is 2.17. The monoisotopic (exact) mass is 326 g/mol. The first-order valence-corrected chi connectivity index (χ1v) is 9.47. The van der Waals surface area contributed by atoms with E-state index in [4.69, 9.17) is 4.74 Å². The molecule has 0 N–H and O–H groups in total. The van der Waals surface area contributed by atoms with Crippen LogP contribution in [0.3, 0.4) is 0 Å². The van der Waals surface area contributed by atoms with Gasteiger partial charge >= 0.3 is 0 Å². The van der Waals surface area contributed by atoms with Crippen LogP contribution in [-0.4, -0.2) is 68.6 Å². The number of nitrogens with zero attached hydrogens (tertiary/aromatic N) is 4. The van der Waals surface area contributed by atoms with Gasteiger partial charge in [0.15, 0.2) is 5.82 Å². The summed E-state index contributed by atoms with van der Waals surface area (Å²) >= 11 is 0. The molecule has 1 aromatic heterocycles. The Labute approximate surface area is 131 Å². The van der Waals surface area contributed by atoms with Gasteiger partial charge in [-0.25, -0.2) is 12.7 Å². The SMILES string of the molecule is CS(=O)(=O)N1CCC(Cc2ccc(N3CCOCC3)nn2)C1. The Bertz CT molecular complexity index is 599. The van der Waals surface area contributed by atoms with Gasteiger partial charge in [0.05, 0.1) is 25.2 Å². The number of hydrogen-bond acceptors (Lipinski definition) is 6. The lowest BCUT2D eigenvalue weighted by Crippen LogP contribution is -2.36. The Balaban J connectivity index is 1.57. The standard InChI is InChI=1S/C14H22N4O3S/c1-22(19,20)18-5-4-12(11-18)10-13-2-3-14(16-15-13)17-6-8-21-9-7-17/h2-3,12H,4-11H2,1H3. The van der Waals surface area contributed by atoms with Crippen LogP contribution in [0.25, 0.3) is 0 Å². The molecule has 0 radical (unpaired) electrons. The molecular weight excluding hydrogens is 304 g/mol. The molecule has 0 spiro atoms. The van der Waals surface area contributed by atoms with Crippen LogP contribution in [-0.2, 0) is 21.2 Å². The van der Waals surface area contributed by atoms with E-state index in [9.17, 15) is 8.42 Å². The third-order valence-corrected chi connectivity index (χ3v) is 5.53. The Hall–Kier alpha value is -1.25. The molecule has 22 heavy (non-hydrogen) atoms. The van der Waals surface area contributed by atoms with Crippen molar-refractivity contribution in [3.8, 4) is 0 Å². The van der Waals surface area contributed by atoms with Crippen LogP contribution in [0.5, 0.6) is 0 Å². The molecular formula is C14H22N4O3S. The highest BCUT2D eigenvalue weighted by Crippen LogP contribution is 2.22. The zero-order valence-electron chi connectivity index (χ0n) is 12.8. The minimum Gasteiger partial charge on any atom is -0.378 e. The van der Waals surface area contributed by atoms with E-state index in [1.54, 1.807) is 4.31 Å². The first-order chi connectivity index (χ1) is 10.5. The van der Waals surface area contributed by atoms with Gasteiger partial charge in [0.1, 0.15) is 0 Å². The van der Waals surface area contributed by atoms with Crippen molar-refractivity contribution in [1.82, 2.24) is 14.5 Å². The lowest BCUT2D eigenvalue weighted by atomic mass is 10.0. The molecule has 1 unspecified atom stereocenters. The maximum atomic E-state index is 11.5. The largest absolute Gasteiger partial charge is 0.378 e. The lowest BCUT2D eigenvalue weighted by molar-refractivity contribution is 0.122. The quantitative estimate of drug-likeness (QED) is 0.783. The van der Waals surface area contributed by atoms with Gasteiger partial charge in [-0.1, -0.05) is 0 Å². The van der Waals surface area contributed by atoms with Crippen molar-refractivity contribution in [2.75, 3.05) is 50.5 Å². The van der Waals surface area contributed by atoms with Crippen LogP contribution >= 0.6 is 0 Å². The van der Waals surface area contributed by atoms with E-state index in [1.165, 1.54) is 6.26 Å². The molecule has 122 valence electrons. The normalized spacial score (nSPS) is 23.9. The van der Waals surface area contributed by atoms with Gasteiger partial charge in [-0.05, 0) is 30.9 Å². The molecule has 0 aliphatic carbocycles. The second-order valence-corrected chi connectivity index (χ2v) is 7.94. The summed E-state index contributed by atoms with van der Waals surface area (Å²) in [5.41, 5.74) is 0.928. The third kappa shape index (κ3) is 3.74. The van der Waals surface area contributed by atoms with Crippen LogP contribution in [0.15, 0.2) is 12.1 Å². The van der Waals surface area contributed by atoms with E-state index in [0.29, 0.717) is 19.0 Å². The van der Waals surface area contributed by atoms with Gasteiger partial charge in [0.25, 0.3) is 0 Å². The van der Waals surface area contributed by atoms with Crippen molar-refractivity contribution in [2.24, 2.45) is 5.92 Å². The summed E-state index contributed by atoms with van der Waals surface area (Å²) in [5.74, 6) is 1.22. The van der Waals surface area contributed by atoms with E-state index >= 15 is 0 Å². The second-order valence-electron chi connectivity index (χ2n) is 5.96. The van der Waals surface area contributed by atoms with E-state index in [2.05, 4.69) is 15.1 Å². The van der Waals surface area contributed by atoms with Crippen LogP contribution < -0.4 is 4.90 Å². The smallest absolute Gasteiger partial charge is 0.211 e. The average molecular weight is 326 g/mol. The topological polar surface area (TPSA) is 75.6 Å². The number of rotatable bonds is 4. The highest BCUT2D eigenvalue weighted by Gasteiger charge is 2.28. The predicted octanol–water partition coefficient (Wildman–Crippen LogP) is 0.137. The average Bonchev–Trinajstić information content (AvgIpc) is 2.98. The summed E-state index contributed by atoms with van der Waals surface area (Å²) in [5, 5.41) is 8.60. The minimum absolute atomic E-state index is 0.332. The predicted molar refractivity (Wildman–Crippen MR) is 83.3 cm³/mol. The van der Waals surface area contributed by atoms with Crippen LogP contribution in [0.2, 0.25) is 0 Å². The fourth-order valence-corrected chi connectivity index (χ4v) is 3.90. The van der Waals surface area contributed by atoms with Crippen LogP contribution in [0.4, 0.5) is 5.82 Å². The van der Waals surface area contributed by atoms with Crippen LogP contribution in [0, 0.1) is 5.92 Å². The second kappa shape index (κ2) is 6.47. The van der Waals surface area contributed by atoms with Gasteiger partial charge in [-0.3, -0.25) is 0 Å². The lowest BCUT2D eigenvalue weighted by Gasteiger charge is -2.27. The Kier molecular flexibility index (Phi) is 4.60. The fraction of sp³-hybridized carbons (Fsp3) is 0.714. The number of morpholine rings is 1. The maximum absolute atomic E-state index is 11.5. The van der Waals surface area contributed by atoms with Crippen molar-refractivity contribution in [1.29, 1.82) is 0 Å². The third-order valence-electron chi connectivity index (χ3n) is 4.26. The fourth-order valence-electron chi connectivity index (χ4n) is 2.98. The first kappa shape index (κ1) is 15.6. The summed E-state index contributed by atoms with van der Waals surface area (Å²) in [6.45, 7) is 4.36. The molecule has 1 atom stereocenters. The van der Waals surface area contributed by atoms with Crippen LogP contribution in [0.1, 0.15) is 12.1 Å². The molecule has 2 saturated heterocycles. The zero-order valence-corrected chi connectivity index (χ0v) is 13.6. The van der Waals surface area contributed by atoms with Gasteiger partial charge in [-0.15, -0.1) is 5.10 Å². The summed E-state index contributed by atoms with van der Waals surface area (Å²) in [6.07, 6.45) is 2.94. The summed E-state index contributed by atoms with van der Waals surface area (Å²) in [7, 11) is -3.07. The minimum atomic E-state index is -3.07. The van der Waals surface area contributed by atoms with Gasteiger partial charge < -0.3 is 9.64 Å². The van der Waals surface area contributed by atoms with Gasteiger partial charge in [0.2, 0.25) is 10.0 Å². The van der Waals surface area contributed by atoms with Crippen molar-refractivity contribution in [3.63, 3.8) is 0 Å². The number of hydrogen-bond donors (Lipinski definition) is 0. The molecule has 0 aromatic carbocycles. The van der Waals surface area contributed by atoms with Crippen molar-refractivity contribution in [2.45, 2.75) is 12.8 Å². The number of ether oxygens (including phenoxy) is 1. The summed E-state index contributed by atoms with van der Waals surface area (Å²) < 4.78 is 29.9. The highest BCUT2D eigenvalue weighted by atomic mass is 32.2. The molecule has 1 aromatic rings. The van der Waals surface area contributed by atoms with E-state index in [0.717, 1.165) is 50.7 Å². The van der Waals surface area contributed by atoms with Crippen molar-refractivity contribution in [3.05, 3.63) is 17.8 Å². The molecule has 2 aliphatic heterocycles. The van der Waals surface area contributed by atoms with E-state index < -0.39 is 10.0 Å². The number of anilines is 1. The number of aromatic nitrogens is 2. The first-order valence-electron chi connectivity index (χ1n) is 7.63. The van der Waals surface area contributed by atoms with Crippen molar-refractivity contribution >= 4 is 15.8 Å². The molecule has 2 fully saturated rings. The molecule has 3 heterocycles. The Morgan fingerprint density at radius 3 is 2.59 bits per heavy atom. The van der Waals surface area contributed by atoms with E-state index in [1.807, 2.05) is 12.1 Å². The maximum Gasteiger partial charge on any atom is 0.211 e. The molecule has 2 aliphatic rings. The Morgan fingerprint density at radius 2 is 2.00 bits per heavy atom. The number of sulfonamides is 1. The molecule has 7 nitrogen and oxygen atoms in total. The molecule has 0 bridgehead atoms. The Morgan fingerprint density at radius 1 is 1.23 bits per heavy atom. The molecule has 0 saturated carbocycles. The molecule has 8 heteroatoms. The zero-order chi connectivity index (χ0) is 15.6. The van der Waals surface area contributed by atoms with Gasteiger partial charge in [0, 0.05) is 26.2 Å².